The molecule has 1 aliphatic rings. The van der Waals surface area contributed by atoms with Crippen molar-refractivity contribution in [1.82, 2.24) is 5.32 Å². The molecule has 1 aliphatic carbocycles. The number of benzene rings is 1. The molecule has 2 rings (SSSR count). The van der Waals surface area contributed by atoms with Crippen LogP contribution >= 0.6 is 11.8 Å². The molecule has 0 bridgehead atoms. The molecule has 1 aromatic rings. The van der Waals surface area contributed by atoms with Gasteiger partial charge in [0.25, 0.3) is 0 Å². The number of rotatable bonds is 5. The monoisotopic (exact) mass is 293 g/mol. The van der Waals surface area contributed by atoms with Gasteiger partial charge in [-0.15, -0.1) is 0 Å². The van der Waals surface area contributed by atoms with Gasteiger partial charge in [0.15, 0.2) is 0 Å². The highest BCUT2D eigenvalue weighted by molar-refractivity contribution is 7.99. The number of hydrogen-bond donors (Lipinski definition) is 1. The first kappa shape index (κ1) is 15.7. The third kappa shape index (κ3) is 3.70. The Labute approximate surface area is 127 Å². The summed E-state index contributed by atoms with van der Waals surface area (Å²) in [4.78, 5) is 0. The van der Waals surface area contributed by atoms with Crippen LogP contribution < -0.4 is 10.1 Å². The molecule has 1 N–H and O–H groups in total. The number of methoxy groups -OCH3 is 1. The summed E-state index contributed by atoms with van der Waals surface area (Å²) >= 11 is 2.01. The highest BCUT2D eigenvalue weighted by atomic mass is 32.2. The zero-order valence-corrected chi connectivity index (χ0v) is 13.9. The molecule has 112 valence electrons. The van der Waals surface area contributed by atoms with Crippen LogP contribution in [0.1, 0.15) is 49.8 Å². The van der Waals surface area contributed by atoms with Crippen LogP contribution in [0, 0.1) is 6.92 Å². The highest BCUT2D eigenvalue weighted by Crippen LogP contribution is 2.31. The van der Waals surface area contributed by atoms with Crippen molar-refractivity contribution in [1.29, 1.82) is 0 Å². The predicted octanol–water partition coefficient (Wildman–Crippen LogP) is 4.33. The van der Waals surface area contributed by atoms with Crippen molar-refractivity contribution in [3.8, 4) is 5.75 Å². The van der Waals surface area contributed by atoms with Crippen LogP contribution in [0.2, 0.25) is 0 Å². The third-order valence-corrected chi connectivity index (χ3v) is 5.49. The molecule has 1 fully saturated rings. The smallest absolute Gasteiger partial charge is 0.123 e. The Balaban J connectivity index is 2.09. The van der Waals surface area contributed by atoms with Crippen LogP contribution in [-0.4, -0.2) is 24.7 Å². The highest BCUT2D eigenvalue weighted by Gasteiger charge is 2.26. The average molecular weight is 293 g/mol. The average Bonchev–Trinajstić information content (AvgIpc) is 2.47. The van der Waals surface area contributed by atoms with Gasteiger partial charge >= 0.3 is 0 Å². The van der Waals surface area contributed by atoms with E-state index >= 15 is 0 Å². The number of hydrogen-bond acceptors (Lipinski definition) is 3. The Morgan fingerprint density at radius 3 is 2.75 bits per heavy atom. The summed E-state index contributed by atoms with van der Waals surface area (Å²) in [6.07, 6.45) is 7.61. The summed E-state index contributed by atoms with van der Waals surface area (Å²) in [6, 6.07) is 7.45. The van der Waals surface area contributed by atoms with Gasteiger partial charge in [-0.3, -0.25) is 0 Å². The molecule has 0 aromatic heterocycles. The van der Waals surface area contributed by atoms with Crippen molar-refractivity contribution in [3.05, 3.63) is 29.3 Å². The number of thioether (sulfide) groups is 1. The van der Waals surface area contributed by atoms with Gasteiger partial charge in [0.05, 0.1) is 7.11 Å². The van der Waals surface area contributed by atoms with Crippen molar-refractivity contribution in [2.75, 3.05) is 13.4 Å². The second-order valence-electron chi connectivity index (χ2n) is 5.80. The fraction of sp³-hybridized carbons (Fsp3) is 0.647. The molecule has 3 unspecified atom stereocenters. The van der Waals surface area contributed by atoms with Gasteiger partial charge in [-0.25, -0.2) is 0 Å². The molecule has 20 heavy (non-hydrogen) atoms. The molecule has 1 aromatic carbocycles. The van der Waals surface area contributed by atoms with Gasteiger partial charge < -0.3 is 10.1 Å². The Kier molecular flexibility index (Phi) is 5.79. The molecule has 0 aliphatic heterocycles. The molecular formula is C17H27NOS. The molecule has 3 atom stereocenters. The molecule has 0 radical (unpaired) electrons. The van der Waals surface area contributed by atoms with Gasteiger partial charge in [0.1, 0.15) is 5.75 Å². The Hall–Kier alpha value is -0.670. The first-order valence-corrected chi connectivity index (χ1v) is 8.88. The lowest BCUT2D eigenvalue weighted by molar-refractivity contribution is 0.347. The van der Waals surface area contributed by atoms with E-state index in [1.54, 1.807) is 7.11 Å². The van der Waals surface area contributed by atoms with E-state index < -0.39 is 0 Å². The van der Waals surface area contributed by atoms with E-state index in [0.29, 0.717) is 12.1 Å². The van der Waals surface area contributed by atoms with Gasteiger partial charge in [-0.1, -0.05) is 25.0 Å². The van der Waals surface area contributed by atoms with Crippen molar-refractivity contribution >= 4 is 11.8 Å². The van der Waals surface area contributed by atoms with E-state index in [1.807, 2.05) is 11.8 Å². The van der Waals surface area contributed by atoms with E-state index in [0.717, 1.165) is 11.0 Å². The zero-order valence-electron chi connectivity index (χ0n) is 13.1. The van der Waals surface area contributed by atoms with Crippen molar-refractivity contribution in [3.63, 3.8) is 0 Å². The van der Waals surface area contributed by atoms with Crippen molar-refractivity contribution in [2.45, 2.75) is 56.9 Å². The normalized spacial score (nSPS) is 24.4. The van der Waals surface area contributed by atoms with Gasteiger partial charge in [0, 0.05) is 22.9 Å². The fourth-order valence-electron chi connectivity index (χ4n) is 3.16. The van der Waals surface area contributed by atoms with Crippen LogP contribution in [0.3, 0.4) is 0 Å². The summed E-state index contributed by atoms with van der Waals surface area (Å²) in [5.74, 6) is 1.00. The van der Waals surface area contributed by atoms with Crippen molar-refractivity contribution < 1.29 is 4.74 Å². The molecule has 3 heteroatoms. The summed E-state index contributed by atoms with van der Waals surface area (Å²) in [7, 11) is 1.76. The molecule has 0 saturated heterocycles. The van der Waals surface area contributed by atoms with E-state index in [4.69, 9.17) is 4.74 Å². The SMILES string of the molecule is COc1cc(C)ccc1C(C)NC1CCCCC1SC. The quantitative estimate of drug-likeness (QED) is 0.873. The molecular weight excluding hydrogens is 266 g/mol. The van der Waals surface area contributed by atoms with Gasteiger partial charge in [-0.05, 0) is 44.6 Å². The second kappa shape index (κ2) is 7.37. The lowest BCUT2D eigenvalue weighted by Crippen LogP contribution is -2.41. The van der Waals surface area contributed by atoms with Crippen LogP contribution in [-0.2, 0) is 0 Å². The van der Waals surface area contributed by atoms with E-state index in [-0.39, 0.29) is 0 Å². The van der Waals surface area contributed by atoms with Crippen LogP contribution in [0.15, 0.2) is 18.2 Å². The number of nitrogens with one attached hydrogen (secondary N) is 1. The Morgan fingerprint density at radius 2 is 2.05 bits per heavy atom. The minimum absolute atomic E-state index is 0.336. The fourth-order valence-corrected chi connectivity index (χ4v) is 4.10. The minimum Gasteiger partial charge on any atom is -0.496 e. The largest absolute Gasteiger partial charge is 0.496 e. The maximum absolute atomic E-state index is 5.54. The summed E-state index contributed by atoms with van der Waals surface area (Å²) < 4.78 is 5.54. The van der Waals surface area contributed by atoms with E-state index in [2.05, 4.69) is 43.6 Å². The lowest BCUT2D eigenvalue weighted by atomic mass is 9.93. The Morgan fingerprint density at radius 1 is 1.30 bits per heavy atom. The lowest BCUT2D eigenvalue weighted by Gasteiger charge is -2.33. The molecule has 0 amide bonds. The second-order valence-corrected chi connectivity index (χ2v) is 6.88. The summed E-state index contributed by atoms with van der Waals surface area (Å²) in [5, 5.41) is 4.58. The first-order valence-electron chi connectivity index (χ1n) is 7.59. The zero-order chi connectivity index (χ0) is 14.5. The van der Waals surface area contributed by atoms with Crippen LogP contribution in [0.25, 0.3) is 0 Å². The van der Waals surface area contributed by atoms with Crippen molar-refractivity contribution in [2.24, 2.45) is 0 Å². The van der Waals surface area contributed by atoms with E-state index in [1.165, 1.54) is 36.8 Å². The van der Waals surface area contributed by atoms with E-state index in [9.17, 15) is 0 Å². The summed E-state index contributed by atoms with van der Waals surface area (Å²) in [5.41, 5.74) is 2.51. The topological polar surface area (TPSA) is 21.3 Å². The molecule has 1 saturated carbocycles. The molecule has 0 spiro atoms. The molecule has 0 heterocycles. The molecule has 2 nitrogen and oxygen atoms in total. The number of ether oxygens (including phenoxy) is 1. The van der Waals surface area contributed by atoms with Gasteiger partial charge in [-0.2, -0.15) is 11.8 Å². The third-order valence-electron chi connectivity index (χ3n) is 4.32. The van der Waals surface area contributed by atoms with Gasteiger partial charge in [0.2, 0.25) is 0 Å². The predicted molar refractivity (Wildman–Crippen MR) is 88.8 cm³/mol. The maximum Gasteiger partial charge on any atom is 0.123 e. The first-order chi connectivity index (χ1) is 9.65. The Bertz CT molecular complexity index is 435. The maximum atomic E-state index is 5.54. The van der Waals surface area contributed by atoms with Crippen LogP contribution in [0.4, 0.5) is 0 Å². The minimum atomic E-state index is 0.336. The number of aryl methyl sites for hydroxylation is 1. The standard InChI is InChI=1S/C17H27NOS/c1-12-9-10-14(16(11-12)19-3)13(2)18-15-7-5-6-8-17(15)20-4/h9-11,13,15,17-18H,5-8H2,1-4H3. The van der Waals surface area contributed by atoms with Crippen LogP contribution in [0.5, 0.6) is 5.75 Å². The summed E-state index contributed by atoms with van der Waals surface area (Å²) in [6.45, 7) is 4.36.